The van der Waals surface area contributed by atoms with Crippen molar-refractivity contribution in [3.8, 4) is 0 Å². The maximum absolute atomic E-state index is 13.9. The Kier molecular flexibility index (Phi) is 5.12. The molecule has 2 nitrogen and oxygen atoms in total. The lowest BCUT2D eigenvalue weighted by Gasteiger charge is -2.17. The molecule has 1 atom stereocenters. The summed E-state index contributed by atoms with van der Waals surface area (Å²) in [6.07, 6.45) is 1.44. The minimum atomic E-state index is -0.375. The van der Waals surface area contributed by atoms with Crippen molar-refractivity contribution in [2.45, 2.75) is 25.8 Å². The largest absolute Gasteiger partial charge is 0.271 e. The van der Waals surface area contributed by atoms with Crippen LogP contribution in [0.3, 0.4) is 0 Å². The Morgan fingerprint density at radius 2 is 1.90 bits per heavy atom. The van der Waals surface area contributed by atoms with E-state index in [1.54, 1.807) is 18.2 Å². The SMILES string of the molecule is CCc1ccc(C(Cc2cccc(Cl)c2F)NN)cc1. The Balaban J connectivity index is 2.21. The molecule has 0 heterocycles. The van der Waals surface area contributed by atoms with Gasteiger partial charge in [0.25, 0.3) is 0 Å². The third-order valence-corrected chi connectivity index (χ3v) is 3.74. The molecule has 2 rings (SSSR count). The second kappa shape index (κ2) is 6.84. The first-order valence-electron chi connectivity index (χ1n) is 6.63. The summed E-state index contributed by atoms with van der Waals surface area (Å²) >= 11 is 5.80. The molecule has 0 aromatic heterocycles. The molecule has 106 valence electrons. The molecule has 0 spiro atoms. The van der Waals surface area contributed by atoms with E-state index in [1.807, 2.05) is 12.1 Å². The minimum Gasteiger partial charge on any atom is -0.271 e. The fourth-order valence-electron chi connectivity index (χ4n) is 2.18. The van der Waals surface area contributed by atoms with Crippen molar-refractivity contribution in [1.82, 2.24) is 5.43 Å². The topological polar surface area (TPSA) is 38.0 Å². The van der Waals surface area contributed by atoms with Gasteiger partial charge in [0.1, 0.15) is 5.82 Å². The highest BCUT2D eigenvalue weighted by Gasteiger charge is 2.14. The van der Waals surface area contributed by atoms with Crippen molar-refractivity contribution in [2.75, 3.05) is 0 Å². The van der Waals surface area contributed by atoms with Gasteiger partial charge < -0.3 is 0 Å². The number of benzene rings is 2. The Morgan fingerprint density at radius 3 is 2.50 bits per heavy atom. The Hall–Kier alpha value is -1.42. The van der Waals surface area contributed by atoms with Crippen LogP contribution < -0.4 is 11.3 Å². The predicted molar refractivity (Wildman–Crippen MR) is 81.0 cm³/mol. The van der Waals surface area contributed by atoms with Gasteiger partial charge in [-0.05, 0) is 35.6 Å². The first kappa shape index (κ1) is 15.0. The third-order valence-electron chi connectivity index (χ3n) is 3.45. The van der Waals surface area contributed by atoms with Gasteiger partial charge in [-0.15, -0.1) is 0 Å². The van der Waals surface area contributed by atoms with Crippen molar-refractivity contribution in [1.29, 1.82) is 0 Å². The van der Waals surface area contributed by atoms with Gasteiger partial charge in [-0.2, -0.15) is 0 Å². The van der Waals surface area contributed by atoms with Crippen molar-refractivity contribution < 1.29 is 4.39 Å². The van der Waals surface area contributed by atoms with E-state index in [0.29, 0.717) is 12.0 Å². The molecule has 0 fully saturated rings. The first-order valence-corrected chi connectivity index (χ1v) is 7.01. The van der Waals surface area contributed by atoms with E-state index in [-0.39, 0.29) is 16.9 Å². The number of halogens is 2. The molecule has 0 aliphatic heterocycles. The Labute approximate surface area is 123 Å². The monoisotopic (exact) mass is 292 g/mol. The fourth-order valence-corrected chi connectivity index (χ4v) is 2.38. The molecule has 20 heavy (non-hydrogen) atoms. The second-order valence-corrected chi connectivity index (χ2v) is 5.14. The third kappa shape index (κ3) is 3.37. The van der Waals surface area contributed by atoms with Crippen LogP contribution in [0.15, 0.2) is 42.5 Å². The molecule has 0 aliphatic rings. The summed E-state index contributed by atoms with van der Waals surface area (Å²) in [5, 5.41) is 0.139. The standard InChI is InChI=1S/C16H18ClFN2/c1-2-11-6-8-12(9-7-11)15(20-19)10-13-4-3-5-14(17)16(13)18/h3-9,15,20H,2,10,19H2,1H3. The van der Waals surface area contributed by atoms with Gasteiger partial charge in [0.05, 0.1) is 11.1 Å². The molecule has 4 heteroatoms. The van der Waals surface area contributed by atoms with Crippen LogP contribution in [0.5, 0.6) is 0 Å². The summed E-state index contributed by atoms with van der Waals surface area (Å²) in [5.74, 6) is 5.23. The predicted octanol–water partition coefficient (Wildman–Crippen LogP) is 3.79. The molecule has 0 radical (unpaired) electrons. The van der Waals surface area contributed by atoms with E-state index in [2.05, 4.69) is 24.5 Å². The molecule has 2 aromatic carbocycles. The van der Waals surface area contributed by atoms with E-state index in [0.717, 1.165) is 12.0 Å². The summed E-state index contributed by atoms with van der Waals surface area (Å²) in [7, 11) is 0. The number of aryl methyl sites for hydroxylation is 1. The summed E-state index contributed by atoms with van der Waals surface area (Å²) in [6.45, 7) is 2.11. The van der Waals surface area contributed by atoms with Gasteiger partial charge in [0.15, 0.2) is 0 Å². The molecular formula is C16H18ClFN2. The highest BCUT2D eigenvalue weighted by molar-refractivity contribution is 6.30. The first-order chi connectivity index (χ1) is 9.65. The number of hydrogen-bond acceptors (Lipinski definition) is 2. The summed E-state index contributed by atoms with van der Waals surface area (Å²) in [4.78, 5) is 0. The summed E-state index contributed by atoms with van der Waals surface area (Å²) < 4.78 is 13.9. The van der Waals surface area contributed by atoms with Crippen LogP contribution in [0.1, 0.15) is 29.7 Å². The quantitative estimate of drug-likeness (QED) is 0.650. The summed E-state index contributed by atoms with van der Waals surface area (Å²) in [6, 6.07) is 13.0. The number of nitrogens with two attached hydrogens (primary N) is 1. The molecule has 0 saturated heterocycles. The van der Waals surface area contributed by atoms with Gasteiger partial charge in [-0.1, -0.05) is 54.9 Å². The van der Waals surface area contributed by atoms with Crippen LogP contribution in [0, 0.1) is 5.82 Å². The molecule has 0 amide bonds. The van der Waals surface area contributed by atoms with Crippen LogP contribution in [0.4, 0.5) is 4.39 Å². The fraction of sp³-hybridized carbons (Fsp3) is 0.250. The smallest absolute Gasteiger partial charge is 0.145 e. The molecule has 0 saturated carbocycles. The van der Waals surface area contributed by atoms with Gasteiger partial charge in [0, 0.05) is 0 Å². The highest BCUT2D eigenvalue weighted by Crippen LogP contribution is 2.24. The number of nitrogens with one attached hydrogen (secondary N) is 1. The lowest BCUT2D eigenvalue weighted by Crippen LogP contribution is -2.29. The lowest BCUT2D eigenvalue weighted by molar-refractivity contribution is 0.529. The number of rotatable bonds is 5. The van der Waals surface area contributed by atoms with Crippen LogP contribution >= 0.6 is 11.6 Å². The molecule has 1 unspecified atom stereocenters. The maximum Gasteiger partial charge on any atom is 0.145 e. The second-order valence-electron chi connectivity index (χ2n) is 4.73. The lowest BCUT2D eigenvalue weighted by atomic mass is 9.98. The van der Waals surface area contributed by atoms with E-state index >= 15 is 0 Å². The zero-order valence-electron chi connectivity index (χ0n) is 11.4. The van der Waals surface area contributed by atoms with Crippen molar-refractivity contribution >= 4 is 11.6 Å². The zero-order chi connectivity index (χ0) is 14.5. The van der Waals surface area contributed by atoms with E-state index < -0.39 is 0 Å². The molecular weight excluding hydrogens is 275 g/mol. The minimum absolute atomic E-state index is 0.139. The average Bonchev–Trinajstić information content (AvgIpc) is 2.49. The van der Waals surface area contributed by atoms with Gasteiger partial charge in [-0.3, -0.25) is 11.3 Å². The Morgan fingerprint density at radius 1 is 1.20 bits per heavy atom. The van der Waals surface area contributed by atoms with E-state index in [9.17, 15) is 4.39 Å². The molecule has 0 bridgehead atoms. The maximum atomic E-state index is 13.9. The number of hydrogen-bond donors (Lipinski definition) is 2. The summed E-state index contributed by atoms with van der Waals surface area (Å²) in [5.41, 5.74) is 5.59. The van der Waals surface area contributed by atoms with Crippen molar-refractivity contribution in [3.05, 3.63) is 70.0 Å². The van der Waals surface area contributed by atoms with Crippen molar-refractivity contribution in [3.63, 3.8) is 0 Å². The van der Waals surface area contributed by atoms with Gasteiger partial charge in [0.2, 0.25) is 0 Å². The molecule has 2 aromatic rings. The normalized spacial score (nSPS) is 12.4. The van der Waals surface area contributed by atoms with Crippen LogP contribution in [0.25, 0.3) is 0 Å². The van der Waals surface area contributed by atoms with Crippen LogP contribution in [-0.2, 0) is 12.8 Å². The van der Waals surface area contributed by atoms with Crippen LogP contribution in [0.2, 0.25) is 5.02 Å². The molecule has 0 aliphatic carbocycles. The van der Waals surface area contributed by atoms with E-state index in [1.165, 1.54) is 5.56 Å². The van der Waals surface area contributed by atoms with E-state index in [4.69, 9.17) is 17.4 Å². The number of hydrazine groups is 1. The highest BCUT2D eigenvalue weighted by atomic mass is 35.5. The van der Waals surface area contributed by atoms with Gasteiger partial charge in [-0.25, -0.2) is 4.39 Å². The van der Waals surface area contributed by atoms with Crippen molar-refractivity contribution in [2.24, 2.45) is 5.84 Å². The zero-order valence-corrected chi connectivity index (χ0v) is 12.1. The average molecular weight is 293 g/mol. The molecule has 3 N–H and O–H groups in total. The van der Waals surface area contributed by atoms with Crippen LogP contribution in [-0.4, -0.2) is 0 Å². The van der Waals surface area contributed by atoms with Gasteiger partial charge >= 0.3 is 0 Å². The Bertz CT molecular complexity index is 569.